The molecule has 2 aromatic heterocycles. The molecule has 202 valence electrons. The van der Waals surface area contributed by atoms with Crippen molar-refractivity contribution in [2.75, 3.05) is 5.32 Å². The van der Waals surface area contributed by atoms with Gasteiger partial charge in [0.05, 0.1) is 0 Å². The van der Waals surface area contributed by atoms with Crippen LogP contribution in [0.25, 0.3) is 40.0 Å². The zero-order valence-corrected chi connectivity index (χ0v) is 24.1. The summed E-state index contributed by atoms with van der Waals surface area (Å²) in [4.78, 5) is 17.1. The molecule has 0 bridgehead atoms. The van der Waals surface area contributed by atoms with Crippen molar-refractivity contribution < 1.29 is 13.6 Å². The Bertz CT molecular complexity index is 1740. The number of furan rings is 1. The van der Waals surface area contributed by atoms with Crippen LogP contribution in [0, 0.1) is 6.92 Å². The van der Waals surface area contributed by atoms with Gasteiger partial charge in [-0.15, -0.1) is 0 Å². The molecule has 8 heteroatoms. The third-order valence-electron chi connectivity index (χ3n) is 6.36. The summed E-state index contributed by atoms with van der Waals surface area (Å²) in [6.45, 7) is 8.47. The average molecular weight is 570 g/mol. The van der Waals surface area contributed by atoms with Crippen molar-refractivity contribution in [1.82, 2.24) is 10.3 Å². The molecule has 6 nitrogen and oxygen atoms in total. The van der Waals surface area contributed by atoms with Crippen LogP contribution in [0.15, 0.2) is 87.7 Å². The van der Waals surface area contributed by atoms with E-state index in [2.05, 4.69) is 48.5 Å². The van der Waals surface area contributed by atoms with E-state index in [-0.39, 0.29) is 10.5 Å². The first-order chi connectivity index (χ1) is 19.0. The molecule has 1 amide bonds. The van der Waals surface area contributed by atoms with Gasteiger partial charge >= 0.3 is 0 Å². The zero-order valence-electron chi connectivity index (χ0n) is 22.5. The van der Waals surface area contributed by atoms with Crippen LogP contribution in [-0.2, 0) is 10.2 Å². The molecule has 2 N–H and O–H groups in total. The molecule has 0 saturated heterocycles. The largest absolute Gasteiger partial charge is 0.457 e. The number of halogens is 1. The molecule has 0 aliphatic heterocycles. The number of carbonyl (C=O) groups excluding carboxylic acids is 1. The Kier molecular flexibility index (Phi) is 7.61. The Morgan fingerprint density at radius 2 is 1.70 bits per heavy atom. The molecule has 2 heterocycles. The van der Waals surface area contributed by atoms with Crippen LogP contribution in [0.3, 0.4) is 0 Å². The second-order valence-electron chi connectivity index (χ2n) is 10.5. The Labute approximate surface area is 243 Å². The van der Waals surface area contributed by atoms with E-state index in [1.54, 1.807) is 12.1 Å². The van der Waals surface area contributed by atoms with Gasteiger partial charge in [0.2, 0.25) is 11.8 Å². The number of oxazole rings is 1. The Balaban J connectivity index is 1.20. The van der Waals surface area contributed by atoms with Crippen LogP contribution in [0.4, 0.5) is 5.69 Å². The third kappa shape index (κ3) is 6.33. The maximum Gasteiger partial charge on any atom is 0.250 e. The molecular formula is C32H28ClN3O3S. The molecule has 0 spiro atoms. The number of aromatic nitrogens is 1. The number of benzene rings is 3. The molecule has 40 heavy (non-hydrogen) atoms. The van der Waals surface area contributed by atoms with Gasteiger partial charge in [-0.2, -0.15) is 0 Å². The van der Waals surface area contributed by atoms with Crippen molar-refractivity contribution in [2.24, 2.45) is 0 Å². The number of nitrogens with one attached hydrogen (secondary N) is 2. The Morgan fingerprint density at radius 3 is 2.42 bits per heavy atom. The summed E-state index contributed by atoms with van der Waals surface area (Å²) in [5.74, 6) is 1.34. The van der Waals surface area contributed by atoms with Crippen molar-refractivity contribution in [3.63, 3.8) is 0 Å². The number of nitrogens with zero attached hydrogens (tertiary/aromatic N) is 1. The predicted octanol–water partition coefficient (Wildman–Crippen LogP) is 8.54. The maximum absolute atomic E-state index is 12.4. The molecule has 0 fully saturated rings. The first kappa shape index (κ1) is 27.4. The summed E-state index contributed by atoms with van der Waals surface area (Å²) in [5.41, 5.74) is 6.08. The van der Waals surface area contributed by atoms with Crippen LogP contribution in [0.2, 0.25) is 5.02 Å². The summed E-state index contributed by atoms with van der Waals surface area (Å²) in [5, 5.41) is 6.48. The fourth-order valence-corrected chi connectivity index (χ4v) is 4.46. The molecule has 0 aliphatic carbocycles. The molecule has 0 atom stereocenters. The number of carbonyl (C=O) groups is 1. The van der Waals surface area contributed by atoms with Crippen LogP contribution < -0.4 is 10.6 Å². The normalized spacial score (nSPS) is 11.7. The van der Waals surface area contributed by atoms with Crippen molar-refractivity contribution in [1.29, 1.82) is 0 Å². The van der Waals surface area contributed by atoms with E-state index in [0.717, 1.165) is 16.7 Å². The van der Waals surface area contributed by atoms with Gasteiger partial charge in [0.25, 0.3) is 0 Å². The van der Waals surface area contributed by atoms with Gasteiger partial charge in [-0.1, -0.05) is 56.6 Å². The predicted molar refractivity (Wildman–Crippen MR) is 165 cm³/mol. The quantitative estimate of drug-likeness (QED) is 0.163. The zero-order chi connectivity index (χ0) is 28.4. The lowest BCUT2D eigenvalue weighted by Crippen LogP contribution is -2.32. The standard InChI is InChI=1S/C32H28ClN3O3S/c1-19-5-6-21(17-25(19)33)27-15-12-24(38-27)13-16-29(37)36-31(40)34-23-11-14-28-26(18-23)35-30(39-28)20-7-9-22(10-8-20)32(2,3)4/h5-18H,1-4H3,(H2,34,36,37,40)/b16-13+. The third-order valence-corrected chi connectivity index (χ3v) is 6.97. The van der Waals surface area contributed by atoms with E-state index in [9.17, 15) is 4.79 Å². The second-order valence-corrected chi connectivity index (χ2v) is 11.3. The topological polar surface area (TPSA) is 80.3 Å². The molecule has 5 rings (SSSR count). The second kappa shape index (κ2) is 11.1. The van der Waals surface area contributed by atoms with Gasteiger partial charge in [0.15, 0.2) is 10.7 Å². The molecule has 0 unspecified atom stereocenters. The number of hydrogen-bond donors (Lipinski definition) is 2. The first-order valence-electron chi connectivity index (χ1n) is 12.7. The monoisotopic (exact) mass is 569 g/mol. The number of anilines is 1. The van der Waals surface area contributed by atoms with E-state index < -0.39 is 5.91 Å². The van der Waals surface area contributed by atoms with Gasteiger partial charge < -0.3 is 14.2 Å². The fourth-order valence-electron chi connectivity index (χ4n) is 4.06. The summed E-state index contributed by atoms with van der Waals surface area (Å²) in [6.07, 6.45) is 2.94. The van der Waals surface area contributed by atoms with Crippen LogP contribution in [0.1, 0.15) is 37.7 Å². The maximum atomic E-state index is 12.4. The minimum Gasteiger partial charge on any atom is -0.457 e. The van der Waals surface area contributed by atoms with Gasteiger partial charge in [0.1, 0.15) is 17.0 Å². The van der Waals surface area contributed by atoms with Crippen molar-refractivity contribution in [2.45, 2.75) is 33.1 Å². The summed E-state index contributed by atoms with van der Waals surface area (Å²) < 4.78 is 11.8. The van der Waals surface area contributed by atoms with Crippen molar-refractivity contribution in [3.8, 4) is 22.8 Å². The molecular weight excluding hydrogens is 542 g/mol. The van der Waals surface area contributed by atoms with Crippen LogP contribution in [-0.4, -0.2) is 16.0 Å². The summed E-state index contributed by atoms with van der Waals surface area (Å²) in [7, 11) is 0. The van der Waals surface area contributed by atoms with Crippen molar-refractivity contribution in [3.05, 3.63) is 101 Å². The lowest BCUT2D eigenvalue weighted by molar-refractivity contribution is -0.115. The number of rotatable bonds is 5. The van der Waals surface area contributed by atoms with E-state index >= 15 is 0 Å². The van der Waals surface area contributed by atoms with Gasteiger partial charge in [-0.25, -0.2) is 4.98 Å². The number of thiocarbonyl (C=S) groups is 1. The molecule has 0 saturated carbocycles. The van der Waals surface area contributed by atoms with Crippen LogP contribution in [0.5, 0.6) is 0 Å². The smallest absolute Gasteiger partial charge is 0.250 e. The summed E-state index contributed by atoms with van der Waals surface area (Å²) >= 11 is 11.5. The number of amides is 1. The van der Waals surface area contributed by atoms with Crippen molar-refractivity contribution >= 4 is 57.7 Å². The molecule has 5 aromatic rings. The lowest BCUT2D eigenvalue weighted by Gasteiger charge is -2.18. The highest BCUT2D eigenvalue weighted by Gasteiger charge is 2.15. The molecule has 3 aromatic carbocycles. The average Bonchev–Trinajstić information content (AvgIpc) is 3.56. The van der Waals surface area contributed by atoms with E-state index in [1.165, 1.54) is 11.6 Å². The summed E-state index contributed by atoms with van der Waals surface area (Å²) in [6, 6.07) is 23.0. The fraction of sp³-hybridized carbons (Fsp3) is 0.156. The van der Waals surface area contributed by atoms with Gasteiger partial charge in [-0.3, -0.25) is 10.1 Å². The van der Waals surface area contributed by atoms with E-state index in [0.29, 0.717) is 39.2 Å². The van der Waals surface area contributed by atoms with Gasteiger partial charge in [0, 0.05) is 27.9 Å². The molecule has 0 radical (unpaired) electrons. The minimum atomic E-state index is -0.391. The highest BCUT2D eigenvalue weighted by molar-refractivity contribution is 7.80. The molecule has 0 aliphatic rings. The van der Waals surface area contributed by atoms with E-state index in [1.807, 2.05) is 61.5 Å². The highest BCUT2D eigenvalue weighted by Crippen LogP contribution is 2.29. The highest BCUT2D eigenvalue weighted by atomic mass is 35.5. The van der Waals surface area contributed by atoms with Crippen LogP contribution >= 0.6 is 23.8 Å². The first-order valence-corrected chi connectivity index (χ1v) is 13.5. The lowest BCUT2D eigenvalue weighted by atomic mass is 9.87. The number of fused-ring (bicyclic) bond motifs is 1. The number of aryl methyl sites for hydroxylation is 1. The van der Waals surface area contributed by atoms with Gasteiger partial charge in [-0.05, 0) is 90.3 Å². The number of hydrogen-bond acceptors (Lipinski definition) is 5. The SMILES string of the molecule is Cc1ccc(-c2ccc(/C=C/C(=O)NC(=S)Nc3ccc4oc(-c5ccc(C(C)(C)C)cc5)nc4c3)o2)cc1Cl. The Morgan fingerprint density at radius 1 is 0.950 bits per heavy atom. The van der Waals surface area contributed by atoms with E-state index in [4.69, 9.17) is 32.7 Å². The Hall–Kier alpha value is -4.20. The minimum absolute atomic E-state index is 0.0727.